The average molecular weight is 185 g/mol. The SMILES string of the molecule is CCCCCCCCC=CNOC. The third-order valence-corrected chi connectivity index (χ3v) is 2.03. The van der Waals surface area contributed by atoms with E-state index in [9.17, 15) is 0 Å². The predicted octanol–water partition coefficient (Wildman–Crippen LogP) is 3.40. The topological polar surface area (TPSA) is 21.3 Å². The summed E-state index contributed by atoms with van der Waals surface area (Å²) in [7, 11) is 1.62. The number of unbranched alkanes of at least 4 members (excludes halogenated alkanes) is 6. The fourth-order valence-corrected chi connectivity index (χ4v) is 1.24. The molecule has 13 heavy (non-hydrogen) atoms. The Kier molecular flexibility index (Phi) is 11.1. The lowest BCUT2D eigenvalue weighted by atomic mass is 10.1. The third-order valence-electron chi connectivity index (χ3n) is 2.03. The van der Waals surface area contributed by atoms with Gasteiger partial charge >= 0.3 is 0 Å². The molecule has 0 rings (SSSR count). The maximum atomic E-state index is 4.66. The minimum absolute atomic E-state index is 1.16. The van der Waals surface area contributed by atoms with Crippen LogP contribution in [0.15, 0.2) is 12.3 Å². The molecule has 0 fully saturated rings. The summed E-state index contributed by atoms with van der Waals surface area (Å²) in [6.45, 7) is 2.25. The summed E-state index contributed by atoms with van der Waals surface area (Å²) in [5.41, 5.74) is 2.68. The van der Waals surface area contributed by atoms with E-state index in [0.29, 0.717) is 0 Å². The summed E-state index contributed by atoms with van der Waals surface area (Å²) >= 11 is 0. The fraction of sp³-hybridized carbons (Fsp3) is 0.818. The molecule has 78 valence electrons. The molecule has 0 spiro atoms. The molecule has 0 bridgehead atoms. The third kappa shape index (κ3) is 11.5. The summed E-state index contributed by atoms with van der Waals surface area (Å²) in [5.74, 6) is 0. The van der Waals surface area contributed by atoms with Gasteiger partial charge in [0.05, 0.1) is 7.11 Å². The Morgan fingerprint density at radius 1 is 1.08 bits per heavy atom. The van der Waals surface area contributed by atoms with Crippen LogP contribution in [-0.4, -0.2) is 7.11 Å². The first-order valence-electron chi connectivity index (χ1n) is 5.35. The molecule has 2 heteroatoms. The van der Waals surface area contributed by atoms with E-state index < -0.39 is 0 Å². The lowest BCUT2D eigenvalue weighted by molar-refractivity contribution is 0.128. The zero-order valence-electron chi connectivity index (χ0n) is 9.01. The zero-order chi connectivity index (χ0) is 9.78. The normalized spacial score (nSPS) is 10.9. The lowest BCUT2D eigenvalue weighted by Gasteiger charge is -1.97. The number of allylic oxidation sites excluding steroid dienone is 1. The van der Waals surface area contributed by atoms with Gasteiger partial charge in [-0.15, -0.1) is 0 Å². The van der Waals surface area contributed by atoms with Gasteiger partial charge in [0.15, 0.2) is 0 Å². The van der Waals surface area contributed by atoms with Crippen LogP contribution in [0.4, 0.5) is 0 Å². The van der Waals surface area contributed by atoms with Crippen LogP contribution < -0.4 is 5.48 Å². The highest BCUT2D eigenvalue weighted by atomic mass is 16.6. The Bertz CT molecular complexity index is 113. The van der Waals surface area contributed by atoms with Gasteiger partial charge in [-0.2, -0.15) is 0 Å². The molecule has 0 saturated carbocycles. The first kappa shape index (κ1) is 12.5. The monoisotopic (exact) mass is 185 g/mol. The standard InChI is InChI=1S/C11H23NO/c1-3-4-5-6-7-8-9-10-11-12-13-2/h10-12H,3-9H2,1-2H3. The molecule has 1 N–H and O–H groups in total. The van der Waals surface area contributed by atoms with E-state index in [1.807, 2.05) is 6.20 Å². The van der Waals surface area contributed by atoms with Crippen LogP contribution in [0.3, 0.4) is 0 Å². The van der Waals surface area contributed by atoms with E-state index in [1.165, 1.54) is 38.5 Å². The Labute approximate surface area is 82.3 Å². The molecule has 0 aromatic carbocycles. The van der Waals surface area contributed by atoms with Crippen LogP contribution in [0.2, 0.25) is 0 Å². The molecule has 0 aromatic heterocycles. The van der Waals surface area contributed by atoms with E-state index in [-0.39, 0.29) is 0 Å². The largest absolute Gasteiger partial charge is 0.280 e. The molecule has 0 aliphatic heterocycles. The predicted molar refractivity (Wildman–Crippen MR) is 57.3 cm³/mol. The highest BCUT2D eigenvalue weighted by molar-refractivity contribution is 4.75. The van der Waals surface area contributed by atoms with Crippen molar-refractivity contribution in [2.75, 3.05) is 7.11 Å². The van der Waals surface area contributed by atoms with Crippen molar-refractivity contribution in [3.63, 3.8) is 0 Å². The van der Waals surface area contributed by atoms with E-state index in [4.69, 9.17) is 0 Å². The molecule has 0 atom stereocenters. The molecule has 0 heterocycles. The maximum Gasteiger partial charge on any atom is 0.0636 e. The second-order valence-electron chi connectivity index (χ2n) is 3.28. The molecule has 0 saturated heterocycles. The smallest absolute Gasteiger partial charge is 0.0636 e. The van der Waals surface area contributed by atoms with Gasteiger partial charge in [0.1, 0.15) is 0 Å². The molecule has 0 aromatic rings. The van der Waals surface area contributed by atoms with Gasteiger partial charge in [-0.1, -0.05) is 45.1 Å². The molecular formula is C11H23NO. The van der Waals surface area contributed by atoms with Crippen LogP contribution >= 0.6 is 0 Å². The lowest BCUT2D eigenvalue weighted by Crippen LogP contribution is -1.99. The van der Waals surface area contributed by atoms with Crippen molar-refractivity contribution in [3.05, 3.63) is 12.3 Å². The van der Waals surface area contributed by atoms with Gasteiger partial charge in [-0.05, 0) is 12.8 Å². The van der Waals surface area contributed by atoms with Crippen LogP contribution in [0, 0.1) is 0 Å². The van der Waals surface area contributed by atoms with Gasteiger partial charge in [0.25, 0.3) is 0 Å². The number of rotatable bonds is 9. The molecule has 0 aliphatic carbocycles. The first-order valence-corrected chi connectivity index (χ1v) is 5.35. The minimum Gasteiger partial charge on any atom is -0.280 e. The van der Waals surface area contributed by atoms with Gasteiger partial charge in [-0.25, -0.2) is 0 Å². The van der Waals surface area contributed by atoms with Crippen molar-refractivity contribution in [1.29, 1.82) is 0 Å². The van der Waals surface area contributed by atoms with Crippen molar-refractivity contribution in [1.82, 2.24) is 5.48 Å². The van der Waals surface area contributed by atoms with Crippen LogP contribution in [0.25, 0.3) is 0 Å². The molecule has 0 amide bonds. The van der Waals surface area contributed by atoms with E-state index in [2.05, 4.69) is 23.3 Å². The van der Waals surface area contributed by atoms with Gasteiger partial charge in [0, 0.05) is 6.20 Å². The van der Waals surface area contributed by atoms with Gasteiger partial charge in [0.2, 0.25) is 0 Å². The highest BCUT2D eigenvalue weighted by Crippen LogP contribution is 2.06. The zero-order valence-corrected chi connectivity index (χ0v) is 9.01. The molecular weight excluding hydrogens is 162 g/mol. The van der Waals surface area contributed by atoms with Gasteiger partial charge < -0.3 is 0 Å². The molecule has 0 unspecified atom stereocenters. The van der Waals surface area contributed by atoms with Crippen LogP contribution in [0.5, 0.6) is 0 Å². The maximum absolute atomic E-state index is 4.66. The van der Waals surface area contributed by atoms with Gasteiger partial charge in [-0.3, -0.25) is 10.3 Å². The number of nitrogens with one attached hydrogen (secondary N) is 1. The average Bonchev–Trinajstić information content (AvgIpc) is 2.16. The summed E-state index contributed by atoms with van der Waals surface area (Å²) in [6.07, 6.45) is 13.3. The molecule has 0 aliphatic rings. The van der Waals surface area contributed by atoms with Crippen molar-refractivity contribution in [3.8, 4) is 0 Å². The fourth-order valence-electron chi connectivity index (χ4n) is 1.24. The molecule has 2 nitrogen and oxygen atoms in total. The van der Waals surface area contributed by atoms with Crippen molar-refractivity contribution in [2.24, 2.45) is 0 Å². The minimum atomic E-state index is 1.16. The van der Waals surface area contributed by atoms with Crippen molar-refractivity contribution < 1.29 is 4.84 Å². The van der Waals surface area contributed by atoms with Crippen LogP contribution in [0.1, 0.15) is 51.9 Å². The molecule has 0 radical (unpaired) electrons. The quantitative estimate of drug-likeness (QED) is 0.439. The van der Waals surface area contributed by atoms with Crippen LogP contribution in [-0.2, 0) is 4.84 Å². The summed E-state index contributed by atoms with van der Waals surface area (Å²) in [5, 5.41) is 0. The van der Waals surface area contributed by atoms with E-state index in [0.717, 1.165) is 6.42 Å². The summed E-state index contributed by atoms with van der Waals surface area (Å²) < 4.78 is 0. The van der Waals surface area contributed by atoms with E-state index >= 15 is 0 Å². The first-order chi connectivity index (χ1) is 6.41. The Hall–Kier alpha value is -0.500. The number of hydroxylamine groups is 1. The van der Waals surface area contributed by atoms with Crippen molar-refractivity contribution in [2.45, 2.75) is 51.9 Å². The number of hydrogen-bond acceptors (Lipinski definition) is 2. The number of hydrogen-bond donors (Lipinski definition) is 1. The second-order valence-corrected chi connectivity index (χ2v) is 3.28. The Balaban J connectivity index is 2.91. The highest BCUT2D eigenvalue weighted by Gasteiger charge is 1.87. The second kappa shape index (κ2) is 11.5. The Morgan fingerprint density at radius 2 is 1.77 bits per heavy atom. The van der Waals surface area contributed by atoms with E-state index in [1.54, 1.807) is 7.11 Å². The van der Waals surface area contributed by atoms with Crippen molar-refractivity contribution >= 4 is 0 Å². The summed E-state index contributed by atoms with van der Waals surface area (Å²) in [6, 6.07) is 0. The summed E-state index contributed by atoms with van der Waals surface area (Å²) in [4.78, 5) is 4.66. The Morgan fingerprint density at radius 3 is 2.46 bits per heavy atom.